The number of amides is 2. The molecule has 0 aromatic heterocycles. The van der Waals surface area contributed by atoms with E-state index >= 15 is 0 Å². The Labute approximate surface area is 113 Å². The van der Waals surface area contributed by atoms with Crippen LogP contribution in [0.4, 0.5) is 0 Å². The molecule has 0 aromatic rings. The van der Waals surface area contributed by atoms with Crippen LogP contribution in [0.5, 0.6) is 0 Å². The van der Waals surface area contributed by atoms with Crippen molar-refractivity contribution in [2.24, 2.45) is 5.92 Å². The Kier molecular flexibility index (Phi) is 3.90. The minimum absolute atomic E-state index is 0.0394. The molecule has 2 fully saturated rings. The van der Waals surface area contributed by atoms with E-state index in [1.54, 1.807) is 11.8 Å². The van der Waals surface area contributed by atoms with Gasteiger partial charge in [0.05, 0.1) is 0 Å². The molecule has 1 heterocycles. The molecule has 2 aliphatic rings. The largest absolute Gasteiger partial charge is 0.342 e. The van der Waals surface area contributed by atoms with Crippen molar-refractivity contribution >= 4 is 23.6 Å². The van der Waals surface area contributed by atoms with E-state index in [2.05, 4.69) is 5.32 Å². The minimum Gasteiger partial charge on any atom is -0.342 e. The van der Waals surface area contributed by atoms with Crippen LogP contribution >= 0.6 is 11.8 Å². The van der Waals surface area contributed by atoms with E-state index in [4.69, 9.17) is 0 Å². The maximum atomic E-state index is 12.5. The van der Waals surface area contributed by atoms with Gasteiger partial charge in [-0.2, -0.15) is 11.8 Å². The Balaban J connectivity index is 2.24. The first kappa shape index (κ1) is 13.7. The van der Waals surface area contributed by atoms with Crippen LogP contribution < -0.4 is 5.32 Å². The van der Waals surface area contributed by atoms with Crippen molar-refractivity contribution in [3.05, 3.63) is 0 Å². The normalized spacial score (nSPS) is 32.6. The van der Waals surface area contributed by atoms with Crippen molar-refractivity contribution in [3.63, 3.8) is 0 Å². The maximum absolute atomic E-state index is 12.5. The third kappa shape index (κ3) is 2.13. The average Bonchev–Trinajstić information content (AvgIpc) is 3.18. The minimum atomic E-state index is -0.613. The molecule has 2 amide bonds. The number of carbonyl (C=O) groups is 2. The second-order valence-electron chi connectivity index (χ2n) is 5.34. The van der Waals surface area contributed by atoms with Crippen LogP contribution in [0, 0.1) is 5.92 Å². The zero-order valence-electron chi connectivity index (χ0n) is 11.4. The summed E-state index contributed by atoms with van der Waals surface area (Å²) in [6, 6.07) is -0.328. The summed E-state index contributed by atoms with van der Waals surface area (Å²) < 4.78 is 0. The number of thioether (sulfide) groups is 1. The first-order valence-corrected chi connectivity index (χ1v) is 8.06. The van der Waals surface area contributed by atoms with E-state index in [0.717, 1.165) is 18.6 Å². The Morgan fingerprint density at radius 1 is 1.44 bits per heavy atom. The smallest absolute Gasteiger partial charge is 0.246 e. The average molecular weight is 270 g/mol. The summed E-state index contributed by atoms with van der Waals surface area (Å²) in [6.45, 7) is 4.55. The topological polar surface area (TPSA) is 49.4 Å². The molecule has 102 valence electrons. The van der Waals surface area contributed by atoms with Gasteiger partial charge in [0.15, 0.2) is 0 Å². The predicted octanol–water partition coefficient (Wildman–Crippen LogP) is 1.26. The van der Waals surface area contributed by atoms with Crippen LogP contribution in [0.25, 0.3) is 0 Å². The standard InChI is InChI=1S/C13H22N2O2S/c1-4-10-11(16)15(7-8-18-3)13(2,9-5-6-9)12(17)14-10/h9-10H,4-8H2,1-3H3,(H,14,17). The maximum Gasteiger partial charge on any atom is 0.246 e. The van der Waals surface area contributed by atoms with Gasteiger partial charge in [-0.1, -0.05) is 6.92 Å². The van der Waals surface area contributed by atoms with Crippen molar-refractivity contribution in [2.45, 2.75) is 44.7 Å². The van der Waals surface area contributed by atoms with Gasteiger partial charge >= 0.3 is 0 Å². The number of hydrogen-bond acceptors (Lipinski definition) is 3. The lowest BCUT2D eigenvalue weighted by Gasteiger charge is -2.46. The zero-order valence-corrected chi connectivity index (χ0v) is 12.2. The summed E-state index contributed by atoms with van der Waals surface area (Å²) in [6.07, 6.45) is 4.81. The van der Waals surface area contributed by atoms with Gasteiger partial charge in [-0.15, -0.1) is 0 Å². The Bertz CT molecular complexity index is 357. The number of nitrogens with one attached hydrogen (secondary N) is 1. The van der Waals surface area contributed by atoms with Crippen LogP contribution in [0.1, 0.15) is 33.1 Å². The molecule has 1 saturated carbocycles. The summed E-state index contributed by atoms with van der Waals surface area (Å²) in [7, 11) is 0. The van der Waals surface area contributed by atoms with Gasteiger partial charge in [0.2, 0.25) is 11.8 Å². The molecule has 1 aliphatic heterocycles. The Morgan fingerprint density at radius 3 is 2.61 bits per heavy atom. The molecule has 0 spiro atoms. The lowest BCUT2D eigenvalue weighted by atomic mass is 9.88. The fourth-order valence-corrected chi connectivity index (χ4v) is 3.12. The lowest BCUT2D eigenvalue weighted by molar-refractivity contribution is -0.157. The highest BCUT2D eigenvalue weighted by Gasteiger charge is 2.56. The summed E-state index contributed by atoms with van der Waals surface area (Å²) in [5.74, 6) is 1.37. The molecular formula is C13H22N2O2S. The third-order valence-electron chi connectivity index (χ3n) is 4.19. The Morgan fingerprint density at radius 2 is 2.11 bits per heavy atom. The van der Waals surface area contributed by atoms with Gasteiger partial charge < -0.3 is 10.2 Å². The predicted molar refractivity (Wildman–Crippen MR) is 73.4 cm³/mol. The van der Waals surface area contributed by atoms with Gasteiger partial charge in [-0.05, 0) is 38.4 Å². The van der Waals surface area contributed by atoms with Crippen LogP contribution in [0.2, 0.25) is 0 Å². The number of rotatable bonds is 5. The van der Waals surface area contributed by atoms with Gasteiger partial charge in [0.25, 0.3) is 0 Å². The monoisotopic (exact) mass is 270 g/mol. The molecule has 1 aliphatic carbocycles. The molecule has 0 aromatic carbocycles. The Hall–Kier alpha value is -0.710. The van der Waals surface area contributed by atoms with Crippen LogP contribution in [-0.2, 0) is 9.59 Å². The van der Waals surface area contributed by atoms with Gasteiger partial charge in [0.1, 0.15) is 11.6 Å². The molecule has 5 heteroatoms. The fourth-order valence-electron chi connectivity index (χ4n) is 2.76. The van der Waals surface area contributed by atoms with Crippen molar-refractivity contribution in [1.82, 2.24) is 10.2 Å². The molecule has 2 rings (SSSR count). The van der Waals surface area contributed by atoms with Crippen molar-refractivity contribution in [1.29, 1.82) is 0 Å². The highest BCUT2D eigenvalue weighted by Crippen LogP contribution is 2.44. The fraction of sp³-hybridized carbons (Fsp3) is 0.846. The molecule has 1 N–H and O–H groups in total. The van der Waals surface area contributed by atoms with E-state index < -0.39 is 5.54 Å². The summed E-state index contributed by atoms with van der Waals surface area (Å²) in [5, 5.41) is 2.90. The number of nitrogens with zero attached hydrogens (tertiary/aromatic N) is 1. The number of hydrogen-bond donors (Lipinski definition) is 1. The van der Waals surface area contributed by atoms with E-state index in [9.17, 15) is 9.59 Å². The van der Waals surface area contributed by atoms with E-state index in [0.29, 0.717) is 18.9 Å². The quantitative estimate of drug-likeness (QED) is 0.818. The summed E-state index contributed by atoms with van der Waals surface area (Å²) >= 11 is 1.71. The van der Waals surface area contributed by atoms with Crippen LogP contribution in [0.3, 0.4) is 0 Å². The molecule has 1 saturated heterocycles. The molecule has 0 radical (unpaired) electrons. The van der Waals surface area contributed by atoms with Crippen molar-refractivity contribution < 1.29 is 9.59 Å². The number of carbonyl (C=O) groups excluding carboxylic acids is 2. The highest BCUT2D eigenvalue weighted by molar-refractivity contribution is 7.98. The SMILES string of the molecule is CCC1NC(=O)C(C)(C2CC2)N(CCSC)C1=O. The molecule has 0 bridgehead atoms. The first-order valence-electron chi connectivity index (χ1n) is 6.67. The number of piperazine rings is 1. The summed E-state index contributed by atoms with van der Waals surface area (Å²) in [4.78, 5) is 26.7. The van der Waals surface area contributed by atoms with Gasteiger partial charge in [-0.25, -0.2) is 0 Å². The lowest BCUT2D eigenvalue weighted by Crippen LogP contribution is -2.70. The molecular weight excluding hydrogens is 248 g/mol. The molecule has 2 unspecified atom stereocenters. The van der Waals surface area contributed by atoms with Gasteiger partial charge in [0, 0.05) is 12.3 Å². The van der Waals surface area contributed by atoms with Crippen molar-refractivity contribution in [3.8, 4) is 0 Å². The van der Waals surface area contributed by atoms with Crippen LogP contribution in [0.15, 0.2) is 0 Å². The van der Waals surface area contributed by atoms with E-state index in [-0.39, 0.29) is 17.9 Å². The second-order valence-corrected chi connectivity index (χ2v) is 6.32. The summed E-state index contributed by atoms with van der Waals surface area (Å²) in [5.41, 5.74) is -0.613. The molecule has 18 heavy (non-hydrogen) atoms. The first-order chi connectivity index (χ1) is 8.55. The second kappa shape index (κ2) is 5.11. The third-order valence-corrected chi connectivity index (χ3v) is 4.78. The van der Waals surface area contributed by atoms with E-state index in [1.165, 1.54) is 0 Å². The van der Waals surface area contributed by atoms with Gasteiger partial charge in [-0.3, -0.25) is 9.59 Å². The van der Waals surface area contributed by atoms with Crippen LogP contribution in [-0.4, -0.2) is 46.8 Å². The highest BCUT2D eigenvalue weighted by atomic mass is 32.2. The van der Waals surface area contributed by atoms with E-state index in [1.807, 2.05) is 25.0 Å². The molecule has 2 atom stereocenters. The van der Waals surface area contributed by atoms with Crippen molar-refractivity contribution in [2.75, 3.05) is 18.6 Å². The molecule has 4 nitrogen and oxygen atoms in total. The zero-order chi connectivity index (χ0) is 13.3.